The van der Waals surface area contributed by atoms with Crippen molar-refractivity contribution in [3.8, 4) is 5.75 Å². The smallest absolute Gasteiger partial charge is 0.244 e. The zero-order valence-corrected chi connectivity index (χ0v) is 15.6. The maximum atomic E-state index is 12.6. The van der Waals surface area contributed by atoms with Crippen LogP contribution < -0.4 is 15.2 Å². The molecule has 1 atom stereocenters. The standard InChI is InChI=1S/C14H23ClN2O3S.ClH/c1-10(2)8-14(3,9-16)17-21(18,19)13-7-11(15)5-6-12(13)20-4;/h5-7,10,17H,8-9,16H2,1-4H3;1H. The molecular formula is C14H24Cl2N2O3S. The summed E-state index contributed by atoms with van der Waals surface area (Å²) in [4.78, 5) is 0.0148. The van der Waals surface area contributed by atoms with Crippen LogP contribution in [0.5, 0.6) is 5.75 Å². The van der Waals surface area contributed by atoms with Crippen LogP contribution in [-0.2, 0) is 10.0 Å². The van der Waals surface area contributed by atoms with Gasteiger partial charge in [-0.25, -0.2) is 13.1 Å². The summed E-state index contributed by atoms with van der Waals surface area (Å²) in [7, 11) is -2.37. The fourth-order valence-corrected chi connectivity index (χ4v) is 4.17. The van der Waals surface area contributed by atoms with Crippen molar-refractivity contribution in [3.63, 3.8) is 0 Å². The van der Waals surface area contributed by atoms with E-state index in [1.807, 2.05) is 13.8 Å². The van der Waals surface area contributed by atoms with Gasteiger partial charge in [-0.2, -0.15) is 0 Å². The number of hydrogen-bond donors (Lipinski definition) is 2. The van der Waals surface area contributed by atoms with Gasteiger partial charge in [0.2, 0.25) is 10.0 Å². The maximum absolute atomic E-state index is 12.6. The average Bonchev–Trinajstić information content (AvgIpc) is 2.37. The first-order chi connectivity index (χ1) is 9.63. The van der Waals surface area contributed by atoms with Gasteiger partial charge in [0.05, 0.1) is 7.11 Å². The van der Waals surface area contributed by atoms with Crippen LogP contribution in [0.15, 0.2) is 23.1 Å². The Hall–Kier alpha value is -0.530. The molecule has 3 N–H and O–H groups in total. The third-order valence-corrected chi connectivity index (χ3v) is 5.00. The van der Waals surface area contributed by atoms with Crippen molar-refractivity contribution in [1.29, 1.82) is 0 Å². The lowest BCUT2D eigenvalue weighted by Crippen LogP contribution is -2.52. The number of nitrogens with one attached hydrogen (secondary N) is 1. The number of halogens is 2. The normalized spacial score (nSPS) is 14.3. The number of rotatable bonds is 7. The molecule has 0 fully saturated rings. The number of hydrogen-bond acceptors (Lipinski definition) is 4. The lowest BCUT2D eigenvalue weighted by Gasteiger charge is -2.31. The topological polar surface area (TPSA) is 81.4 Å². The van der Waals surface area contributed by atoms with E-state index in [2.05, 4.69) is 4.72 Å². The second kappa shape index (κ2) is 8.36. The molecule has 0 radical (unpaired) electrons. The van der Waals surface area contributed by atoms with Gasteiger partial charge >= 0.3 is 0 Å². The van der Waals surface area contributed by atoms with Crippen LogP contribution in [0.4, 0.5) is 0 Å². The Morgan fingerprint density at radius 2 is 2.00 bits per heavy atom. The molecule has 0 aromatic heterocycles. The molecule has 0 aliphatic heterocycles. The minimum Gasteiger partial charge on any atom is -0.495 e. The lowest BCUT2D eigenvalue weighted by molar-refractivity contribution is 0.343. The van der Waals surface area contributed by atoms with Crippen LogP contribution in [0, 0.1) is 5.92 Å². The van der Waals surface area contributed by atoms with E-state index in [4.69, 9.17) is 22.1 Å². The number of methoxy groups -OCH3 is 1. The monoisotopic (exact) mass is 370 g/mol. The molecule has 0 aliphatic carbocycles. The van der Waals surface area contributed by atoms with Crippen LogP contribution in [0.2, 0.25) is 5.02 Å². The average molecular weight is 371 g/mol. The molecule has 1 aromatic carbocycles. The first-order valence-electron chi connectivity index (χ1n) is 6.71. The lowest BCUT2D eigenvalue weighted by atomic mass is 9.92. The number of sulfonamides is 1. The summed E-state index contributed by atoms with van der Waals surface area (Å²) in [5.74, 6) is 0.554. The highest BCUT2D eigenvalue weighted by atomic mass is 35.5. The van der Waals surface area contributed by atoms with Crippen molar-refractivity contribution < 1.29 is 13.2 Å². The highest BCUT2D eigenvalue weighted by Crippen LogP contribution is 2.28. The Morgan fingerprint density at radius 1 is 1.41 bits per heavy atom. The highest BCUT2D eigenvalue weighted by molar-refractivity contribution is 7.89. The Balaban J connectivity index is 0.00000441. The van der Waals surface area contributed by atoms with Crippen molar-refractivity contribution in [2.75, 3.05) is 13.7 Å². The van der Waals surface area contributed by atoms with E-state index in [1.54, 1.807) is 13.0 Å². The Labute approximate surface area is 144 Å². The predicted molar refractivity (Wildman–Crippen MR) is 92.5 cm³/mol. The molecule has 0 aliphatic rings. The second-order valence-electron chi connectivity index (χ2n) is 5.76. The minimum atomic E-state index is -3.78. The first-order valence-corrected chi connectivity index (χ1v) is 8.57. The molecule has 0 saturated heterocycles. The molecule has 1 aromatic rings. The number of benzene rings is 1. The van der Waals surface area contributed by atoms with Gasteiger partial charge < -0.3 is 10.5 Å². The summed E-state index contributed by atoms with van der Waals surface area (Å²) < 4.78 is 33.0. The molecule has 0 amide bonds. The Kier molecular flexibility index (Phi) is 8.16. The van der Waals surface area contributed by atoms with Crippen molar-refractivity contribution in [1.82, 2.24) is 4.72 Å². The SMILES string of the molecule is COc1ccc(Cl)cc1S(=O)(=O)NC(C)(CN)CC(C)C.Cl. The molecule has 22 heavy (non-hydrogen) atoms. The van der Waals surface area contributed by atoms with Crippen LogP contribution in [0.3, 0.4) is 0 Å². The van der Waals surface area contributed by atoms with Crippen molar-refractivity contribution in [2.24, 2.45) is 11.7 Å². The largest absolute Gasteiger partial charge is 0.495 e. The van der Waals surface area contributed by atoms with E-state index in [-0.39, 0.29) is 29.6 Å². The van der Waals surface area contributed by atoms with Gasteiger partial charge in [-0.3, -0.25) is 0 Å². The van der Waals surface area contributed by atoms with Gasteiger partial charge in [0.15, 0.2) is 0 Å². The summed E-state index contributed by atoms with van der Waals surface area (Å²) >= 11 is 5.90. The van der Waals surface area contributed by atoms with Crippen LogP contribution >= 0.6 is 24.0 Å². The first kappa shape index (κ1) is 21.5. The van der Waals surface area contributed by atoms with E-state index in [0.717, 1.165) is 0 Å². The zero-order valence-electron chi connectivity index (χ0n) is 13.2. The minimum absolute atomic E-state index is 0. The number of nitrogens with two attached hydrogens (primary N) is 1. The summed E-state index contributed by atoms with van der Waals surface area (Å²) in [5, 5.41) is 0.328. The summed E-state index contributed by atoms with van der Waals surface area (Å²) in [6, 6.07) is 4.48. The van der Waals surface area contributed by atoms with E-state index in [0.29, 0.717) is 17.4 Å². The molecule has 0 heterocycles. The molecule has 0 spiro atoms. The molecular weight excluding hydrogens is 347 g/mol. The van der Waals surface area contributed by atoms with Gasteiger partial charge in [0.25, 0.3) is 0 Å². The van der Waals surface area contributed by atoms with Crippen LogP contribution in [-0.4, -0.2) is 27.6 Å². The third-order valence-electron chi connectivity index (χ3n) is 3.11. The van der Waals surface area contributed by atoms with Gasteiger partial charge in [0, 0.05) is 17.1 Å². The van der Waals surface area contributed by atoms with Gasteiger partial charge in [-0.1, -0.05) is 25.4 Å². The fraction of sp³-hybridized carbons (Fsp3) is 0.571. The maximum Gasteiger partial charge on any atom is 0.244 e. The number of ether oxygens (including phenoxy) is 1. The van der Waals surface area contributed by atoms with E-state index in [9.17, 15) is 8.42 Å². The molecule has 0 bridgehead atoms. The summed E-state index contributed by atoms with van der Waals surface area (Å²) in [6.45, 7) is 6.03. The van der Waals surface area contributed by atoms with Crippen LogP contribution in [0.1, 0.15) is 27.2 Å². The van der Waals surface area contributed by atoms with Crippen LogP contribution in [0.25, 0.3) is 0 Å². The van der Waals surface area contributed by atoms with E-state index in [1.165, 1.54) is 19.2 Å². The quantitative estimate of drug-likeness (QED) is 0.772. The third kappa shape index (κ3) is 5.59. The summed E-state index contributed by atoms with van der Waals surface area (Å²) in [6.07, 6.45) is 0.631. The van der Waals surface area contributed by atoms with E-state index < -0.39 is 15.6 Å². The van der Waals surface area contributed by atoms with Gasteiger partial charge in [-0.15, -0.1) is 12.4 Å². The molecule has 5 nitrogen and oxygen atoms in total. The van der Waals surface area contributed by atoms with Crippen molar-refractivity contribution in [3.05, 3.63) is 23.2 Å². The van der Waals surface area contributed by atoms with Gasteiger partial charge in [-0.05, 0) is 37.5 Å². The highest BCUT2D eigenvalue weighted by Gasteiger charge is 2.31. The van der Waals surface area contributed by atoms with Crippen molar-refractivity contribution >= 4 is 34.0 Å². The molecule has 1 unspecified atom stereocenters. The summed E-state index contributed by atoms with van der Waals surface area (Å²) in [5.41, 5.74) is 5.03. The van der Waals surface area contributed by atoms with Crippen molar-refractivity contribution in [2.45, 2.75) is 37.6 Å². The van der Waals surface area contributed by atoms with Gasteiger partial charge in [0.1, 0.15) is 10.6 Å². The van der Waals surface area contributed by atoms with E-state index >= 15 is 0 Å². The molecule has 1 rings (SSSR count). The predicted octanol–water partition coefficient (Wildman–Crippen LogP) is 2.81. The molecule has 128 valence electrons. The Morgan fingerprint density at radius 3 is 2.45 bits per heavy atom. The molecule has 8 heteroatoms. The molecule has 0 saturated carbocycles. The second-order valence-corrected chi connectivity index (χ2v) is 7.85. The Bertz CT molecular complexity index is 594. The zero-order chi connectivity index (χ0) is 16.3. The fourth-order valence-electron chi connectivity index (χ4n) is 2.31.